The van der Waals surface area contributed by atoms with Gasteiger partial charge in [-0.1, -0.05) is 15.9 Å². The summed E-state index contributed by atoms with van der Waals surface area (Å²) in [5.41, 5.74) is 4.73. The van der Waals surface area contributed by atoms with Crippen LogP contribution in [-0.4, -0.2) is 12.5 Å². The summed E-state index contributed by atoms with van der Waals surface area (Å²) < 4.78 is 6.35. The lowest BCUT2D eigenvalue weighted by Crippen LogP contribution is -2.14. The number of nitrogens with one attached hydrogen (secondary N) is 1. The Hall–Kier alpha value is -1.81. The number of benzene rings is 2. The quantitative estimate of drug-likeness (QED) is 0.829. The van der Waals surface area contributed by atoms with Gasteiger partial charge in [-0.2, -0.15) is 0 Å². The number of hydrogen-bond donors (Lipinski definition) is 1. The Morgan fingerprint density at radius 3 is 2.32 bits per heavy atom. The van der Waals surface area contributed by atoms with Gasteiger partial charge in [-0.25, -0.2) is 0 Å². The molecule has 0 fully saturated rings. The molecule has 2 aromatic rings. The zero-order valence-corrected chi connectivity index (χ0v) is 14.9. The van der Waals surface area contributed by atoms with Crippen molar-refractivity contribution in [1.29, 1.82) is 0 Å². The summed E-state index contributed by atoms with van der Waals surface area (Å²) >= 11 is 3.52. The maximum absolute atomic E-state index is 12.5. The molecule has 2 aromatic carbocycles. The van der Waals surface area contributed by atoms with Gasteiger partial charge in [0.1, 0.15) is 5.75 Å². The van der Waals surface area contributed by atoms with Crippen LogP contribution in [0, 0.1) is 20.8 Å². The minimum Gasteiger partial charge on any atom is -0.494 e. The van der Waals surface area contributed by atoms with Gasteiger partial charge in [0.2, 0.25) is 0 Å². The maximum Gasteiger partial charge on any atom is 0.255 e. The molecule has 116 valence electrons. The van der Waals surface area contributed by atoms with Crippen LogP contribution in [0.25, 0.3) is 0 Å². The molecule has 0 radical (unpaired) electrons. The van der Waals surface area contributed by atoms with E-state index in [9.17, 15) is 4.79 Å². The van der Waals surface area contributed by atoms with Crippen molar-refractivity contribution >= 4 is 27.5 Å². The van der Waals surface area contributed by atoms with Crippen LogP contribution in [0.15, 0.2) is 34.8 Å². The van der Waals surface area contributed by atoms with Crippen molar-refractivity contribution in [1.82, 2.24) is 0 Å². The lowest BCUT2D eigenvalue weighted by atomic mass is 9.98. The molecule has 0 aliphatic carbocycles. The second-order valence-corrected chi connectivity index (χ2v) is 6.05. The summed E-state index contributed by atoms with van der Waals surface area (Å²) in [5.74, 6) is 0.691. The Balaban J connectivity index is 2.22. The number of hydrogen-bond acceptors (Lipinski definition) is 2. The van der Waals surface area contributed by atoms with E-state index in [2.05, 4.69) is 21.2 Å². The highest BCUT2D eigenvalue weighted by Gasteiger charge is 2.14. The topological polar surface area (TPSA) is 38.3 Å². The monoisotopic (exact) mass is 361 g/mol. The molecule has 0 unspecified atom stereocenters. The Morgan fingerprint density at radius 1 is 1.09 bits per heavy atom. The fourth-order valence-electron chi connectivity index (χ4n) is 2.24. The van der Waals surface area contributed by atoms with E-state index >= 15 is 0 Å². The third-order valence-corrected chi connectivity index (χ3v) is 4.65. The molecule has 3 nitrogen and oxygen atoms in total. The van der Waals surface area contributed by atoms with Crippen LogP contribution in [0.2, 0.25) is 0 Å². The first kappa shape index (κ1) is 16.6. The second kappa shape index (κ2) is 6.97. The van der Waals surface area contributed by atoms with Crippen LogP contribution in [0.5, 0.6) is 5.75 Å². The molecule has 1 amide bonds. The second-order valence-electron chi connectivity index (χ2n) is 5.19. The number of carbonyl (C=O) groups is 1. The van der Waals surface area contributed by atoms with Gasteiger partial charge in [-0.3, -0.25) is 4.79 Å². The van der Waals surface area contributed by atoms with Crippen LogP contribution in [0.1, 0.15) is 34.0 Å². The van der Waals surface area contributed by atoms with Crippen molar-refractivity contribution in [3.63, 3.8) is 0 Å². The van der Waals surface area contributed by atoms with Crippen LogP contribution in [0.3, 0.4) is 0 Å². The highest BCUT2D eigenvalue weighted by molar-refractivity contribution is 9.10. The zero-order chi connectivity index (χ0) is 16.3. The zero-order valence-electron chi connectivity index (χ0n) is 13.3. The van der Waals surface area contributed by atoms with Crippen LogP contribution in [-0.2, 0) is 0 Å². The highest BCUT2D eigenvalue weighted by Crippen LogP contribution is 2.26. The average Bonchev–Trinajstić information content (AvgIpc) is 2.51. The molecule has 0 saturated carbocycles. The standard InChI is InChI=1S/C18H20BrNO2/c1-5-22-15-8-6-14(7-9-15)20-18(21)16-10-17(19)13(4)11(2)12(16)3/h6-10H,5H2,1-4H3,(H,20,21). The minimum absolute atomic E-state index is 0.106. The molecule has 0 saturated heterocycles. The number of amides is 1. The molecule has 1 N–H and O–H groups in total. The largest absolute Gasteiger partial charge is 0.494 e. The van der Waals surface area contributed by atoms with Gasteiger partial charge < -0.3 is 10.1 Å². The van der Waals surface area contributed by atoms with E-state index in [1.165, 1.54) is 0 Å². The summed E-state index contributed by atoms with van der Waals surface area (Å²) in [6.07, 6.45) is 0. The van der Waals surface area contributed by atoms with Crippen LogP contribution >= 0.6 is 15.9 Å². The fraction of sp³-hybridized carbons (Fsp3) is 0.278. The first-order valence-corrected chi connectivity index (χ1v) is 8.03. The fourth-order valence-corrected chi connectivity index (χ4v) is 2.77. The van der Waals surface area contributed by atoms with Gasteiger partial charge in [0.25, 0.3) is 5.91 Å². The predicted octanol–water partition coefficient (Wildman–Crippen LogP) is 5.03. The van der Waals surface area contributed by atoms with Gasteiger partial charge in [-0.15, -0.1) is 0 Å². The van der Waals surface area contributed by atoms with Gasteiger partial charge in [0.05, 0.1) is 6.61 Å². The molecule has 0 aliphatic rings. The Labute approximate surface area is 139 Å². The predicted molar refractivity (Wildman–Crippen MR) is 93.9 cm³/mol. The molecule has 2 rings (SSSR count). The van der Waals surface area contributed by atoms with E-state index in [0.29, 0.717) is 12.2 Å². The molecule has 0 atom stereocenters. The number of halogens is 1. The molecule has 0 bridgehead atoms. The van der Waals surface area contributed by atoms with E-state index in [-0.39, 0.29) is 5.91 Å². The molecular formula is C18H20BrNO2. The molecule has 22 heavy (non-hydrogen) atoms. The van der Waals surface area contributed by atoms with E-state index < -0.39 is 0 Å². The van der Waals surface area contributed by atoms with Crippen molar-refractivity contribution in [2.24, 2.45) is 0 Å². The van der Waals surface area contributed by atoms with Gasteiger partial charge in [0.15, 0.2) is 0 Å². The Bertz CT molecular complexity index is 693. The molecule has 4 heteroatoms. The van der Waals surface area contributed by atoms with Crippen LogP contribution < -0.4 is 10.1 Å². The number of rotatable bonds is 4. The third kappa shape index (κ3) is 3.50. The normalized spacial score (nSPS) is 10.4. The molecule has 0 aromatic heterocycles. The van der Waals surface area contributed by atoms with E-state index in [1.54, 1.807) is 0 Å². The molecule has 0 aliphatic heterocycles. The first-order chi connectivity index (χ1) is 10.4. The lowest BCUT2D eigenvalue weighted by molar-refractivity contribution is 0.102. The van der Waals surface area contributed by atoms with Crippen molar-refractivity contribution < 1.29 is 9.53 Å². The van der Waals surface area contributed by atoms with E-state index in [0.717, 1.165) is 32.6 Å². The summed E-state index contributed by atoms with van der Waals surface area (Å²) in [7, 11) is 0. The first-order valence-electron chi connectivity index (χ1n) is 7.24. The van der Waals surface area contributed by atoms with Crippen molar-refractivity contribution in [2.45, 2.75) is 27.7 Å². The number of ether oxygens (including phenoxy) is 1. The Morgan fingerprint density at radius 2 is 1.73 bits per heavy atom. The summed E-state index contributed by atoms with van der Waals surface area (Å²) in [4.78, 5) is 12.5. The highest BCUT2D eigenvalue weighted by atomic mass is 79.9. The van der Waals surface area contributed by atoms with Crippen LogP contribution in [0.4, 0.5) is 5.69 Å². The van der Waals surface area contributed by atoms with Crippen molar-refractivity contribution in [2.75, 3.05) is 11.9 Å². The average molecular weight is 362 g/mol. The minimum atomic E-state index is -0.106. The Kier molecular flexibility index (Phi) is 5.24. The third-order valence-electron chi connectivity index (χ3n) is 3.83. The van der Waals surface area contributed by atoms with Crippen molar-refractivity contribution in [3.8, 4) is 5.75 Å². The molecular weight excluding hydrogens is 342 g/mol. The summed E-state index contributed by atoms with van der Waals surface area (Å²) in [5, 5.41) is 2.93. The van der Waals surface area contributed by atoms with Gasteiger partial charge in [0, 0.05) is 15.7 Å². The van der Waals surface area contributed by atoms with Crippen molar-refractivity contribution in [3.05, 3.63) is 57.1 Å². The van der Waals surface area contributed by atoms with Gasteiger partial charge >= 0.3 is 0 Å². The SMILES string of the molecule is CCOc1ccc(NC(=O)c2cc(Br)c(C)c(C)c2C)cc1. The van der Waals surface area contributed by atoms with E-state index in [4.69, 9.17) is 4.74 Å². The smallest absolute Gasteiger partial charge is 0.255 e. The number of carbonyl (C=O) groups excluding carboxylic acids is 1. The summed E-state index contributed by atoms with van der Waals surface area (Å²) in [6, 6.07) is 9.26. The maximum atomic E-state index is 12.5. The number of anilines is 1. The van der Waals surface area contributed by atoms with Gasteiger partial charge in [-0.05, 0) is 74.7 Å². The molecule has 0 heterocycles. The molecule has 0 spiro atoms. The van der Waals surface area contributed by atoms with E-state index in [1.807, 2.05) is 58.0 Å². The lowest BCUT2D eigenvalue weighted by Gasteiger charge is -2.13. The summed E-state index contributed by atoms with van der Waals surface area (Å²) in [6.45, 7) is 8.61.